The van der Waals surface area contributed by atoms with Crippen molar-refractivity contribution in [3.8, 4) is 11.5 Å². The summed E-state index contributed by atoms with van der Waals surface area (Å²) in [5.41, 5.74) is -0.139. The fourth-order valence-corrected chi connectivity index (χ4v) is 2.52. The maximum atomic E-state index is 10.7. The van der Waals surface area contributed by atoms with Gasteiger partial charge in [-0.1, -0.05) is 6.07 Å². The summed E-state index contributed by atoms with van der Waals surface area (Å²) in [6.07, 6.45) is 0.586. The predicted molar refractivity (Wildman–Crippen MR) is 76.3 cm³/mol. The lowest BCUT2D eigenvalue weighted by Crippen LogP contribution is -2.45. The molecule has 0 aromatic heterocycles. The third-order valence-corrected chi connectivity index (χ3v) is 3.65. The second kappa shape index (κ2) is 6.43. The zero-order valence-electron chi connectivity index (χ0n) is 12.3. The lowest BCUT2D eigenvalue weighted by atomic mass is 9.88. The minimum atomic E-state index is -0.947. The average Bonchev–Trinajstić information content (AvgIpc) is 2.47. The van der Waals surface area contributed by atoms with Crippen molar-refractivity contribution in [3.05, 3.63) is 23.8 Å². The maximum Gasteiger partial charge on any atom is 0.161 e. The molecule has 5 nitrogen and oxygen atoms in total. The zero-order chi connectivity index (χ0) is 14.6. The summed E-state index contributed by atoms with van der Waals surface area (Å²) in [6, 6.07) is 5.66. The van der Waals surface area contributed by atoms with Gasteiger partial charge in [-0.15, -0.1) is 0 Å². The Labute approximate surface area is 119 Å². The molecule has 0 spiro atoms. The van der Waals surface area contributed by atoms with Gasteiger partial charge in [0.1, 0.15) is 0 Å². The third kappa shape index (κ3) is 3.42. The first-order valence-corrected chi connectivity index (χ1v) is 6.83. The first kappa shape index (κ1) is 15.1. The third-order valence-electron chi connectivity index (χ3n) is 3.65. The number of ether oxygens (including phenoxy) is 3. The van der Waals surface area contributed by atoms with Crippen LogP contribution in [0.25, 0.3) is 0 Å². The number of hydrogen-bond donors (Lipinski definition) is 2. The van der Waals surface area contributed by atoms with Gasteiger partial charge < -0.3 is 24.6 Å². The number of morpholine rings is 1. The lowest BCUT2D eigenvalue weighted by Gasteiger charge is -2.32. The first-order valence-electron chi connectivity index (χ1n) is 6.83. The molecule has 2 rings (SSSR count). The van der Waals surface area contributed by atoms with Crippen LogP contribution in [-0.4, -0.2) is 45.1 Å². The molecule has 112 valence electrons. The molecule has 2 atom stereocenters. The van der Waals surface area contributed by atoms with Gasteiger partial charge in [-0.3, -0.25) is 0 Å². The Morgan fingerprint density at radius 3 is 2.70 bits per heavy atom. The van der Waals surface area contributed by atoms with Gasteiger partial charge in [-0.05, 0) is 31.0 Å². The van der Waals surface area contributed by atoms with Crippen LogP contribution in [0.2, 0.25) is 0 Å². The Bertz CT molecular complexity index is 441. The van der Waals surface area contributed by atoms with Crippen LogP contribution in [0.4, 0.5) is 0 Å². The van der Waals surface area contributed by atoms with E-state index in [9.17, 15) is 5.11 Å². The lowest BCUT2D eigenvalue weighted by molar-refractivity contribution is 0.00308. The van der Waals surface area contributed by atoms with Crippen molar-refractivity contribution in [2.45, 2.75) is 25.0 Å². The molecule has 0 amide bonds. The predicted octanol–water partition coefficient (Wildman–Crippen LogP) is 1.29. The number of methoxy groups -OCH3 is 2. The van der Waals surface area contributed by atoms with E-state index in [-0.39, 0.29) is 6.04 Å². The summed E-state index contributed by atoms with van der Waals surface area (Å²) in [7, 11) is 3.19. The molecule has 5 heteroatoms. The van der Waals surface area contributed by atoms with Crippen molar-refractivity contribution < 1.29 is 19.3 Å². The second-order valence-corrected chi connectivity index (χ2v) is 5.27. The van der Waals surface area contributed by atoms with Crippen molar-refractivity contribution in [2.24, 2.45) is 0 Å². The number of rotatable bonds is 5. The largest absolute Gasteiger partial charge is 0.493 e. The van der Waals surface area contributed by atoms with Crippen LogP contribution in [0, 0.1) is 0 Å². The molecule has 2 unspecified atom stereocenters. The Morgan fingerprint density at radius 1 is 1.35 bits per heavy atom. The molecular formula is C15H23NO4. The molecule has 1 fully saturated rings. The molecule has 0 aliphatic carbocycles. The van der Waals surface area contributed by atoms with Gasteiger partial charge in [0, 0.05) is 12.6 Å². The summed E-state index contributed by atoms with van der Waals surface area (Å²) in [5, 5.41) is 14.1. The Morgan fingerprint density at radius 2 is 2.10 bits per heavy atom. The van der Waals surface area contributed by atoms with E-state index in [0.29, 0.717) is 24.5 Å². The second-order valence-electron chi connectivity index (χ2n) is 5.27. The monoisotopic (exact) mass is 281 g/mol. The topological polar surface area (TPSA) is 60.0 Å². The molecule has 0 radical (unpaired) electrons. The summed E-state index contributed by atoms with van der Waals surface area (Å²) in [5.74, 6) is 1.28. The number of benzene rings is 1. The number of aliphatic hydroxyl groups is 1. The van der Waals surface area contributed by atoms with Gasteiger partial charge in [0.15, 0.2) is 11.5 Å². The van der Waals surface area contributed by atoms with E-state index in [0.717, 1.165) is 18.7 Å². The highest BCUT2D eigenvalue weighted by Gasteiger charge is 2.29. The van der Waals surface area contributed by atoms with Crippen LogP contribution in [0.1, 0.15) is 18.9 Å². The van der Waals surface area contributed by atoms with E-state index < -0.39 is 5.60 Å². The van der Waals surface area contributed by atoms with E-state index >= 15 is 0 Å². The van der Waals surface area contributed by atoms with Gasteiger partial charge in [0.2, 0.25) is 0 Å². The van der Waals surface area contributed by atoms with Crippen LogP contribution in [0.15, 0.2) is 18.2 Å². The Balaban J connectivity index is 2.15. The van der Waals surface area contributed by atoms with Crippen molar-refractivity contribution in [2.75, 3.05) is 34.0 Å². The minimum Gasteiger partial charge on any atom is -0.493 e. The van der Waals surface area contributed by atoms with Crippen molar-refractivity contribution in [1.82, 2.24) is 5.32 Å². The molecule has 2 N–H and O–H groups in total. The van der Waals surface area contributed by atoms with E-state index in [2.05, 4.69) is 5.32 Å². The Hall–Kier alpha value is -1.30. The molecule has 1 aromatic rings. The standard InChI is InChI=1S/C15H23NO4/c1-15(17,9-12-10-20-7-6-16-12)11-4-5-13(18-2)14(8-11)19-3/h4-5,8,12,16-17H,6-7,9-10H2,1-3H3. The molecule has 1 aromatic carbocycles. The van der Waals surface area contributed by atoms with E-state index in [1.807, 2.05) is 25.1 Å². The highest BCUT2D eigenvalue weighted by Crippen LogP contribution is 2.34. The van der Waals surface area contributed by atoms with Crippen LogP contribution >= 0.6 is 0 Å². The van der Waals surface area contributed by atoms with Crippen molar-refractivity contribution in [3.63, 3.8) is 0 Å². The fraction of sp³-hybridized carbons (Fsp3) is 0.600. The average molecular weight is 281 g/mol. The number of nitrogens with one attached hydrogen (secondary N) is 1. The summed E-state index contributed by atoms with van der Waals surface area (Å²) < 4.78 is 15.9. The zero-order valence-corrected chi connectivity index (χ0v) is 12.3. The molecule has 0 bridgehead atoms. The number of hydrogen-bond acceptors (Lipinski definition) is 5. The molecule has 0 saturated carbocycles. The molecule has 1 aliphatic heterocycles. The van der Waals surface area contributed by atoms with Gasteiger partial charge in [0.25, 0.3) is 0 Å². The fourth-order valence-electron chi connectivity index (χ4n) is 2.52. The highest BCUT2D eigenvalue weighted by atomic mass is 16.5. The maximum absolute atomic E-state index is 10.7. The summed E-state index contributed by atoms with van der Waals surface area (Å²) in [4.78, 5) is 0. The van der Waals surface area contributed by atoms with Crippen LogP contribution in [0.5, 0.6) is 11.5 Å². The normalized spacial score (nSPS) is 22.1. The van der Waals surface area contributed by atoms with Crippen LogP contribution < -0.4 is 14.8 Å². The van der Waals surface area contributed by atoms with Crippen molar-refractivity contribution in [1.29, 1.82) is 0 Å². The molecular weight excluding hydrogens is 258 g/mol. The van der Waals surface area contributed by atoms with E-state index in [1.54, 1.807) is 14.2 Å². The van der Waals surface area contributed by atoms with Crippen LogP contribution in [-0.2, 0) is 10.3 Å². The minimum absolute atomic E-state index is 0.159. The SMILES string of the molecule is COc1ccc(C(C)(O)CC2COCCN2)cc1OC. The molecule has 1 heterocycles. The summed E-state index contributed by atoms with van der Waals surface area (Å²) in [6.45, 7) is 4.00. The highest BCUT2D eigenvalue weighted by molar-refractivity contribution is 5.44. The Kier molecular flexibility index (Phi) is 4.86. The molecule has 1 saturated heterocycles. The van der Waals surface area contributed by atoms with Crippen molar-refractivity contribution >= 4 is 0 Å². The van der Waals surface area contributed by atoms with Gasteiger partial charge >= 0.3 is 0 Å². The smallest absolute Gasteiger partial charge is 0.161 e. The molecule has 20 heavy (non-hydrogen) atoms. The first-order chi connectivity index (χ1) is 9.56. The van der Waals surface area contributed by atoms with E-state index in [4.69, 9.17) is 14.2 Å². The van der Waals surface area contributed by atoms with Gasteiger partial charge in [-0.2, -0.15) is 0 Å². The van der Waals surface area contributed by atoms with E-state index in [1.165, 1.54) is 0 Å². The van der Waals surface area contributed by atoms with Gasteiger partial charge in [0.05, 0.1) is 33.0 Å². The van der Waals surface area contributed by atoms with Gasteiger partial charge in [-0.25, -0.2) is 0 Å². The molecule has 1 aliphatic rings. The quantitative estimate of drug-likeness (QED) is 0.851. The summed E-state index contributed by atoms with van der Waals surface area (Å²) >= 11 is 0. The van der Waals surface area contributed by atoms with Crippen LogP contribution in [0.3, 0.4) is 0 Å².